The average molecular weight is 471 g/mol. The van der Waals surface area contributed by atoms with Crippen LogP contribution in [0.25, 0.3) is 4.47 Å². The van der Waals surface area contributed by atoms with Crippen LogP contribution in [-0.2, 0) is 14.6 Å². The van der Waals surface area contributed by atoms with E-state index in [9.17, 15) is 13.2 Å². The van der Waals surface area contributed by atoms with Gasteiger partial charge in [-0.05, 0) is 0 Å². The minimum absolute atomic E-state index is 0.230. The molecule has 0 unspecified atom stereocenters. The molecule has 0 spiro atoms. The van der Waals surface area contributed by atoms with Crippen LogP contribution in [0, 0.1) is 6.92 Å². The SMILES string of the molecule is COC(=O)c1ccc(/C(=C\S(=O)(=O)c2ccc(C)cc2)[Se]c2ccccc2)cc1. The normalized spacial score (nSPS) is 11.9. The summed E-state index contributed by atoms with van der Waals surface area (Å²) in [5.41, 5.74) is 2.18. The Morgan fingerprint density at radius 3 is 2.03 bits per heavy atom. The number of carbonyl (C=O) groups is 1. The van der Waals surface area contributed by atoms with E-state index in [-0.39, 0.29) is 19.9 Å². The third kappa shape index (κ3) is 5.45. The molecule has 0 aliphatic heterocycles. The molecule has 0 aliphatic carbocycles. The summed E-state index contributed by atoms with van der Waals surface area (Å²) < 4.78 is 32.5. The topological polar surface area (TPSA) is 60.4 Å². The van der Waals surface area contributed by atoms with Crippen molar-refractivity contribution in [3.8, 4) is 0 Å². The van der Waals surface area contributed by atoms with Crippen molar-refractivity contribution in [1.82, 2.24) is 0 Å². The van der Waals surface area contributed by atoms with Gasteiger partial charge in [0.2, 0.25) is 0 Å². The maximum absolute atomic E-state index is 13.0. The number of ether oxygens (including phenoxy) is 1. The Morgan fingerprint density at radius 1 is 0.862 bits per heavy atom. The van der Waals surface area contributed by atoms with E-state index in [1.54, 1.807) is 48.5 Å². The summed E-state index contributed by atoms with van der Waals surface area (Å²) in [4.78, 5) is 12.0. The summed E-state index contributed by atoms with van der Waals surface area (Å²) in [6, 6.07) is 23.4. The van der Waals surface area contributed by atoms with Gasteiger partial charge in [-0.15, -0.1) is 0 Å². The molecule has 148 valence electrons. The minimum atomic E-state index is -3.61. The molecule has 0 amide bonds. The molecule has 6 heteroatoms. The van der Waals surface area contributed by atoms with Gasteiger partial charge in [0.25, 0.3) is 0 Å². The molecule has 0 radical (unpaired) electrons. The van der Waals surface area contributed by atoms with Gasteiger partial charge in [-0.1, -0.05) is 0 Å². The summed E-state index contributed by atoms with van der Waals surface area (Å²) in [5.74, 6) is -0.428. The second-order valence-electron chi connectivity index (χ2n) is 6.32. The van der Waals surface area contributed by atoms with E-state index in [1.165, 1.54) is 12.5 Å². The summed E-state index contributed by atoms with van der Waals surface area (Å²) in [6.07, 6.45) is 0. The molecule has 0 aromatic heterocycles. The van der Waals surface area contributed by atoms with Crippen molar-refractivity contribution in [2.75, 3.05) is 7.11 Å². The molecule has 29 heavy (non-hydrogen) atoms. The molecule has 0 heterocycles. The Morgan fingerprint density at radius 2 is 1.45 bits per heavy atom. The van der Waals surface area contributed by atoms with Crippen molar-refractivity contribution in [1.29, 1.82) is 0 Å². The average Bonchev–Trinajstić information content (AvgIpc) is 2.74. The molecule has 0 fully saturated rings. The number of esters is 1. The van der Waals surface area contributed by atoms with Gasteiger partial charge in [0.1, 0.15) is 0 Å². The van der Waals surface area contributed by atoms with E-state index < -0.39 is 15.8 Å². The number of benzene rings is 3. The fraction of sp³-hybridized carbons (Fsp3) is 0.0870. The molecular weight excluding hydrogens is 451 g/mol. The summed E-state index contributed by atoms with van der Waals surface area (Å²) in [6.45, 7) is 1.92. The molecule has 0 bridgehead atoms. The van der Waals surface area contributed by atoms with Crippen LogP contribution in [-0.4, -0.2) is 36.5 Å². The number of sulfone groups is 1. The van der Waals surface area contributed by atoms with Crippen LogP contribution < -0.4 is 4.46 Å². The van der Waals surface area contributed by atoms with Gasteiger partial charge in [-0.25, -0.2) is 0 Å². The molecular formula is C23H20O4SSe. The van der Waals surface area contributed by atoms with Crippen molar-refractivity contribution in [3.63, 3.8) is 0 Å². The first-order valence-electron chi connectivity index (χ1n) is 8.84. The molecule has 3 aromatic rings. The third-order valence-corrected chi connectivity index (χ3v) is 8.25. The van der Waals surface area contributed by atoms with Crippen LogP contribution in [0.3, 0.4) is 0 Å². The van der Waals surface area contributed by atoms with Crippen molar-refractivity contribution in [3.05, 3.63) is 101 Å². The molecule has 3 rings (SSSR count). The van der Waals surface area contributed by atoms with E-state index in [1.807, 2.05) is 37.3 Å². The molecule has 0 saturated carbocycles. The molecule has 0 saturated heterocycles. The third-order valence-electron chi connectivity index (χ3n) is 4.17. The molecule has 0 N–H and O–H groups in total. The molecule has 0 atom stereocenters. The first kappa shape index (κ1) is 21.1. The van der Waals surface area contributed by atoms with Gasteiger partial charge in [0, 0.05) is 0 Å². The van der Waals surface area contributed by atoms with Gasteiger partial charge >= 0.3 is 178 Å². The molecule has 0 aliphatic rings. The summed E-state index contributed by atoms with van der Waals surface area (Å²) >= 11 is -0.230. The number of methoxy groups -OCH3 is 1. The fourth-order valence-electron chi connectivity index (χ4n) is 2.59. The van der Waals surface area contributed by atoms with Crippen LogP contribution in [0.5, 0.6) is 0 Å². The second-order valence-corrected chi connectivity index (χ2v) is 10.5. The maximum atomic E-state index is 13.0. The van der Waals surface area contributed by atoms with E-state index in [0.29, 0.717) is 10.0 Å². The van der Waals surface area contributed by atoms with Crippen molar-refractivity contribution < 1.29 is 17.9 Å². The molecule has 3 aromatic carbocycles. The Kier molecular flexibility index (Phi) is 6.70. The van der Waals surface area contributed by atoms with Crippen LogP contribution in [0.15, 0.2) is 89.2 Å². The standard InChI is InChI=1S/C23H20O4SSe/c1-17-8-14-20(15-9-17)28(25,26)16-22(29-21-6-4-3-5-7-21)18-10-12-19(13-11-18)23(24)27-2/h3-16H,1-2H3/b22-16+. The fourth-order valence-corrected chi connectivity index (χ4v) is 6.49. The van der Waals surface area contributed by atoms with Gasteiger partial charge in [0.15, 0.2) is 0 Å². The summed E-state index contributed by atoms with van der Waals surface area (Å²) in [5, 5.41) is 1.35. The van der Waals surface area contributed by atoms with Crippen molar-refractivity contribution >= 4 is 39.7 Å². The van der Waals surface area contributed by atoms with Crippen molar-refractivity contribution in [2.24, 2.45) is 0 Å². The van der Waals surface area contributed by atoms with Crippen molar-refractivity contribution in [2.45, 2.75) is 11.8 Å². The number of hydrogen-bond donors (Lipinski definition) is 0. The van der Waals surface area contributed by atoms with Crippen LogP contribution in [0.4, 0.5) is 0 Å². The van der Waals surface area contributed by atoms with E-state index >= 15 is 0 Å². The quantitative estimate of drug-likeness (QED) is 0.407. The van der Waals surface area contributed by atoms with E-state index in [4.69, 9.17) is 4.74 Å². The van der Waals surface area contributed by atoms with Gasteiger partial charge in [-0.2, -0.15) is 0 Å². The zero-order chi connectivity index (χ0) is 20.9. The number of hydrogen-bond acceptors (Lipinski definition) is 4. The first-order chi connectivity index (χ1) is 13.9. The predicted molar refractivity (Wildman–Crippen MR) is 116 cm³/mol. The van der Waals surface area contributed by atoms with Crippen LogP contribution >= 0.6 is 0 Å². The van der Waals surface area contributed by atoms with Crippen LogP contribution in [0.1, 0.15) is 21.5 Å². The predicted octanol–water partition coefficient (Wildman–Crippen LogP) is 3.58. The van der Waals surface area contributed by atoms with Crippen LogP contribution in [0.2, 0.25) is 0 Å². The Balaban J connectivity index is 2.04. The monoisotopic (exact) mass is 472 g/mol. The van der Waals surface area contributed by atoms with Gasteiger partial charge in [-0.3, -0.25) is 0 Å². The number of rotatable bonds is 6. The van der Waals surface area contributed by atoms with E-state index in [0.717, 1.165) is 15.6 Å². The van der Waals surface area contributed by atoms with Gasteiger partial charge in [0.05, 0.1) is 0 Å². The number of aryl methyl sites for hydroxylation is 1. The van der Waals surface area contributed by atoms with E-state index in [2.05, 4.69) is 0 Å². The zero-order valence-corrected chi connectivity index (χ0v) is 18.6. The first-order valence-corrected chi connectivity index (χ1v) is 12.1. The molecule has 4 nitrogen and oxygen atoms in total. The second kappa shape index (κ2) is 9.22. The number of carbonyl (C=O) groups excluding carboxylic acids is 1. The summed E-state index contributed by atoms with van der Waals surface area (Å²) in [7, 11) is -2.29. The Bertz CT molecular complexity index is 1120. The zero-order valence-electron chi connectivity index (χ0n) is 16.0. The Hall–Kier alpha value is -2.66. The Labute approximate surface area is 177 Å². The van der Waals surface area contributed by atoms with Gasteiger partial charge < -0.3 is 0 Å².